The lowest BCUT2D eigenvalue weighted by Gasteiger charge is -2.30. The Morgan fingerprint density at radius 3 is 2.44 bits per heavy atom. The molecule has 148 valence electrons. The van der Waals surface area contributed by atoms with E-state index in [9.17, 15) is 4.79 Å². The zero-order valence-corrected chi connectivity index (χ0v) is 17.5. The molecule has 0 aliphatic carbocycles. The van der Waals surface area contributed by atoms with E-state index >= 15 is 0 Å². The molecule has 2 rings (SSSR count). The van der Waals surface area contributed by atoms with Crippen molar-refractivity contribution in [2.45, 2.75) is 46.3 Å². The SMILES string of the molecule is COc1ccc(-c2n[nH]c(=S)n2CC(=O)NCCN(C(C)C)C(C)C)cc1. The number of aromatic nitrogens is 3. The minimum atomic E-state index is -0.0882. The summed E-state index contributed by atoms with van der Waals surface area (Å²) < 4.78 is 7.30. The van der Waals surface area contributed by atoms with Gasteiger partial charge in [0.2, 0.25) is 5.91 Å². The molecule has 1 aromatic heterocycles. The largest absolute Gasteiger partial charge is 0.497 e. The van der Waals surface area contributed by atoms with Crippen molar-refractivity contribution in [2.75, 3.05) is 20.2 Å². The van der Waals surface area contributed by atoms with Crippen molar-refractivity contribution in [1.29, 1.82) is 0 Å². The highest BCUT2D eigenvalue weighted by Crippen LogP contribution is 2.20. The Balaban J connectivity index is 2.01. The predicted molar refractivity (Wildman–Crippen MR) is 109 cm³/mol. The monoisotopic (exact) mass is 391 g/mol. The van der Waals surface area contributed by atoms with E-state index < -0.39 is 0 Å². The van der Waals surface area contributed by atoms with Crippen molar-refractivity contribution >= 4 is 18.1 Å². The zero-order chi connectivity index (χ0) is 20.0. The van der Waals surface area contributed by atoms with E-state index in [2.05, 4.69) is 48.1 Å². The summed E-state index contributed by atoms with van der Waals surface area (Å²) in [5.74, 6) is 1.30. The van der Waals surface area contributed by atoms with Gasteiger partial charge in [-0.05, 0) is 64.2 Å². The smallest absolute Gasteiger partial charge is 0.240 e. The van der Waals surface area contributed by atoms with Crippen LogP contribution in [-0.4, -0.2) is 57.9 Å². The summed E-state index contributed by atoms with van der Waals surface area (Å²) in [6.45, 7) is 10.2. The van der Waals surface area contributed by atoms with Gasteiger partial charge in [0.05, 0.1) is 7.11 Å². The van der Waals surface area contributed by atoms with E-state index in [0.29, 0.717) is 29.2 Å². The Kier molecular flexibility index (Phi) is 7.55. The van der Waals surface area contributed by atoms with Crippen LogP contribution in [-0.2, 0) is 11.3 Å². The van der Waals surface area contributed by atoms with Crippen molar-refractivity contribution in [3.05, 3.63) is 29.0 Å². The first-order valence-corrected chi connectivity index (χ1v) is 9.56. The van der Waals surface area contributed by atoms with Crippen LogP contribution in [0.2, 0.25) is 0 Å². The number of amides is 1. The van der Waals surface area contributed by atoms with Gasteiger partial charge in [0, 0.05) is 30.7 Å². The van der Waals surface area contributed by atoms with Gasteiger partial charge in [-0.25, -0.2) is 0 Å². The normalized spacial score (nSPS) is 11.4. The summed E-state index contributed by atoms with van der Waals surface area (Å²) in [7, 11) is 1.62. The lowest BCUT2D eigenvalue weighted by Crippen LogP contribution is -2.43. The van der Waals surface area contributed by atoms with Crippen LogP contribution in [0.15, 0.2) is 24.3 Å². The number of methoxy groups -OCH3 is 1. The van der Waals surface area contributed by atoms with E-state index in [1.54, 1.807) is 11.7 Å². The van der Waals surface area contributed by atoms with Crippen LogP contribution in [0.4, 0.5) is 0 Å². The fourth-order valence-corrected chi connectivity index (χ4v) is 3.26. The van der Waals surface area contributed by atoms with Crippen molar-refractivity contribution in [3.8, 4) is 17.1 Å². The number of nitrogens with one attached hydrogen (secondary N) is 2. The molecule has 1 aromatic carbocycles. The van der Waals surface area contributed by atoms with E-state index in [-0.39, 0.29) is 12.5 Å². The number of hydrogen-bond donors (Lipinski definition) is 2. The maximum Gasteiger partial charge on any atom is 0.240 e. The highest BCUT2D eigenvalue weighted by molar-refractivity contribution is 7.71. The highest BCUT2D eigenvalue weighted by atomic mass is 32.1. The topological polar surface area (TPSA) is 75.2 Å². The van der Waals surface area contributed by atoms with E-state index in [0.717, 1.165) is 17.9 Å². The Labute approximate surface area is 165 Å². The van der Waals surface area contributed by atoms with Gasteiger partial charge < -0.3 is 10.1 Å². The standard InChI is InChI=1S/C19H29N5O2S/c1-13(2)23(14(3)4)11-10-20-17(25)12-24-18(21-22-19(24)27)15-6-8-16(26-5)9-7-15/h6-9,13-14H,10-12H2,1-5H3,(H,20,25)(H,22,27). The van der Waals surface area contributed by atoms with Crippen LogP contribution < -0.4 is 10.1 Å². The molecule has 0 aliphatic rings. The summed E-state index contributed by atoms with van der Waals surface area (Å²) in [5, 5.41) is 10.0. The average molecular weight is 392 g/mol. The summed E-state index contributed by atoms with van der Waals surface area (Å²) >= 11 is 5.29. The van der Waals surface area contributed by atoms with Crippen molar-refractivity contribution in [1.82, 2.24) is 25.0 Å². The van der Waals surface area contributed by atoms with Gasteiger partial charge in [-0.15, -0.1) is 0 Å². The lowest BCUT2D eigenvalue weighted by molar-refractivity contribution is -0.121. The first-order chi connectivity index (χ1) is 12.8. The van der Waals surface area contributed by atoms with Gasteiger partial charge in [0.1, 0.15) is 12.3 Å². The Hall–Kier alpha value is -2.19. The molecule has 2 aromatic rings. The second-order valence-electron chi connectivity index (χ2n) is 6.94. The molecule has 0 fully saturated rings. The number of H-pyrrole nitrogens is 1. The number of hydrogen-bond acceptors (Lipinski definition) is 5. The van der Waals surface area contributed by atoms with Crippen LogP contribution in [0.5, 0.6) is 5.75 Å². The maximum atomic E-state index is 12.4. The number of carbonyl (C=O) groups excluding carboxylic acids is 1. The summed E-state index contributed by atoms with van der Waals surface area (Å²) in [5.41, 5.74) is 0.863. The molecular weight excluding hydrogens is 362 g/mol. The average Bonchev–Trinajstić information content (AvgIpc) is 2.98. The zero-order valence-electron chi connectivity index (χ0n) is 16.7. The number of aromatic amines is 1. The highest BCUT2D eigenvalue weighted by Gasteiger charge is 2.15. The summed E-state index contributed by atoms with van der Waals surface area (Å²) in [6, 6.07) is 8.35. The molecule has 0 unspecified atom stereocenters. The molecular formula is C19H29N5O2S. The van der Waals surface area contributed by atoms with Gasteiger partial charge >= 0.3 is 0 Å². The van der Waals surface area contributed by atoms with Crippen LogP contribution in [0.1, 0.15) is 27.7 Å². The minimum absolute atomic E-state index is 0.0882. The fourth-order valence-electron chi connectivity index (χ4n) is 3.06. The second-order valence-corrected chi connectivity index (χ2v) is 7.33. The number of benzene rings is 1. The Bertz CT molecular complexity index is 787. The van der Waals surface area contributed by atoms with Crippen molar-refractivity contribution in [2.24, 2.45) is 0 Å². The van der Waals surface area contributed by atoms with Crippen molar-refractivity contribution in [3.63, 3.8) is 0 Å². The quantitative estimate of drug-likeness (QED) is 0.643. The molecule has 2 N–H and O–H groups in total. The predicted octanol–water partition coefficient (Wildman–Crippen LogP) is 2.85. The number of rotatable bonds is 9. The number of carbonyl (C=O) groups is 1. The first-order valence-electron chi connectivity index (χ1n) is 9.15. The molecule has 1 heterocycles. The Morgan fingerprint density at radius 2 is 1.89 bits per heavy atom. The van der Waals surface area contributed by atoms with Crippen molar-refractivity contribution < 1.29 is 9.53 Å². The van der Waals surface area contributed by atoms with Gasteiger partial charge in [-0.3, -0.25) is 19.4 Å². The Morgan fingerprint density at radius 1 is 1.26 bits per heavy atom. The van der Waals surface area contributed by atoms with Gasteiger partial charge in [-0.1, -0.05) is 0 Å². The lowest BCUT2D eigenvalue weighted by atomic mass is 10.2. The van der Waals surface area contributed by atoms with E-state index in [4.69, 9.17) is 17.0 Å². The van der Waals surface area contributed by atoms with E-state index in [1.807, 2.05) is 24.3 Å². The first kappa shape index (κ1) is 21.1. The summed E-state index contributed by atoms with van der Waals surface area (Å²) in [4.78, 5) is 14.7. The molecule has 0 saturated carbocycles. The molecule has 7 nitrogen and oxygen atoms in total. The third-order valence-corrected chi connectivity index (χ3v) is 4.74. The molecule has 0 spiro atoms. The molecule has 1 amide bonds. The van der Waals surface area contributed by atoms with Crippen LogP contribution >= 0.6 is 12.2 Å². The molecule has 8 heteroatoms. The van der Waals surface area contributed by atoms with Crippen LogP contribution in [0.25, 0.3) is 11.4 Å². The van der Waals surface area contributed by atoms with Crippen LogP contribution in [0.3, 0.4) is 0 Å². The van der Waals surface area contributed by atoms with Gasteiger partial charge in [0.25, 0.3) is 0 Å². The molecule has 0 saturated heterocycles. The number of nitrogens with zero attached hydrogens (tertiary/aromatic N) is 3. The van der Waals surface area contributed by atoms with Crippen LogP contribution in [0, 0.1) is 4.77 Å². The van der Waals surface area contributed by atoms with Gasteiger partial charge in [0.15, 0.2) is 10.6 Å². The molecule has 0 aliphatic heterocycles. The molecule has 0 radical (unpaired) electrons. The molecule has 27 heavy (non-hydrogen) atoms. The third-order valence-electron chi connectivity index (χ3n) is 4.43. The third kappa shape index (κ3) is 5.64. The number of ether oxygens (including phenoxy) is 1. The fraction of sp³-hybridized carbons (Fsp3) is 0.526. The van der Waals surface area contributed by atoms with Gasteiger partial charge in [-0.2, -0.15) is 5.10 Å². The summed E-state index contributed by atoms with van der Waals surface area (Å²) in [6.07, 6.45) is 0. The van der Waals surface area contributed by atoms with E-state index in [1.165, 1.54) is 0 Å². The maximum absolute atomic E-state index is 12.4. The second kappa shape index (κ2) is 9.66. The molecule has 0 bridgehead atoms. The molecule has 0 atom stereocenters. The minimum Gasteiger partial charge on any atom is -0.497 e.